The number of aliphatic hydroxyl groups excluding tert-OH is 1. The number of rotatable bonds is 6. The van der Waals surface area contributed by atoms with Gasteiger partial charge in [0.15, 0.2) is 11.5 Å². The molecule has 0 unspecified atom stereocenters. The predicted molar refractivity (Wildman–Crippen MR) is 72.6 cm³/mol. The Hall–Kier alpha value is -1.93. The van der Waals surface area contributed by atoms with Crippen molar-refractivity contribution < 1.29 is 19.3 Å². The van der Waals surface area contributed by atoms with Crippen LogP contribution < -0.4 is 14.2 Å². The van der Waals surface area contributed by atoms with E-state index < -0.39 is 0 Å². The third kappa shape index (κ3) is 3.34. The van der Waals surface area contributed by atoms with Crippen LogP contribution in [0.2, 0.25) is 0 Å². The highest BCUT2D eigenvalue weighted by atomic mass is 16.7. The molecule has 1 aliphatic heterocycles. The van der Waals surface area contributed by atoms with E-state index in [1.54, 1.807) is 12.1 Å². The van der Waals surface area contributed by atoms with Crippen LogP contribution in [0.4, 0.5) is 0 Å². The van der Waals surface area contributed by atoms with Crippen LogP contribution in [0.1, 0.15) is 32.3 Å². The first-order chi connectivity index (χ1) is 9.55. The summed E-state index contributed by atoms with van der Waals surface area (Å²) in [4.78, 5) is 0. The van der Waals surface area contributed by atoms with Crippen LogP contribution in [-0.2, 0) is 6.61 Å². The van der Waals surface area contributed by atoms with E-state index in [1.807, 2.05) is 13.8 Å². The molecule has 2 rings (SSSR count). The smallest absolute Gasteiger partial charge is 0.231 e. The Labute approximate surface area is 118 Å². The van der Waals surface area contributed by atoms with Crippen LogP contribution in [0.15, 0.2) is 12.1 Å². The lowest BCUT2D eigenvalue weighted by Gasteiger charge is -2.16. The summed E-state index contributed by atoms with van der Waals surface area (Å²) in [6.45, 7) is 4.40. The van der Waals surface area contributed by atoms with E-state index in [1.165, 1.54) is 0 Å². The molecule has 0 atom stereocenters. The van der Waals surface area contributed by atoms with Gasteiger partial charge in [-0.25, -0.2) is 0 Å². The fourth-order valence-electron chi connectivity index (χ4n) is 1.98. The number of nitriles is 1. The maximum atomic E-state index is 9.35. The molecule has 0 saturated heterocycles. The molecule has 108 valence electrons. The largest absolute Gasteiger partial charge is 0.493 e. The van der Waals surface area contributed by atoms with E-state index in [-0.39, 0.29) is 18.8 Å². The average Bonchev–Trinajstić information content (AvgIpc) is 2.89. The van der Waals surface area contributed by atoms with Gasteiger partial charge in [-0.05, 0) is 32.8 Å². The SMILES string of the molecule is CC(C)(C#N)CCCOc1cc2c(cc1CO)OCO2. The number of aliphatic hydroxyl groups is 1. The lowest BCUT2D eigenvalue weighted by atomic mass is 9.90. The molecule has 0 amide bonds. The third-order valence-corrected chi connectivity index (χ3v) is 3.23. The Morgan fingerprint density at radius 3 is 2.70 bits per heavy atom. The van der Waals surface area contributed by atoms with Gasteiger partial charge in [-0.2, -0.15) is 5.26 Å². The molecule has 0 aromatic heterocycles. The molecule has 5 heteroatoms. The summed E-state index contributed by atoms with van der Waals surface area (Å²) in [5, 5.41) is 18.3. The zero-order chi connectivity index (χ0) is 14.6. The molecule has 1 aliphatic rings. The lowest BCUT2D eigenvalue weighted by Crippen LogP contribution is -2.10. The van der Waals surface area contributed by atoms with Crippen molar-refractivity contribution in [3.63, 3.8) is 0 Å². The molecule has 1 aromatic carbocycles. The molecule has 0 radical (unpaired) electrons. The van der Waals surface area contributed by atoms with Crippen LogP contribution in [0.25, 0.3) is 0 Å². The summed E-state index contributed by atoms with van der Waals surface area (Å²) in [6.07, 6.45) is 1.54. The maximum absolute atomic E-state index is 9.35. The summed E-state index contributed by atoms with van der Waals surface area (Å²) >= 11 is 0. The molecule has 20 heavy (non-hydrogen) atoms. The molecule has 0 aliphatic carbocycles. The summed E-state index contributed by atoms with van der Waals surface area (Å²) in [5.41, 5.74) is 0.340. The Balaban J connectivity index is 1.95. The van der Waals surface area contributed by atoms with E-state index in [0.29, 0.717) is 29.4 Å². The van der Waals surface area contributed by atoms with Crippen LogP contribution in [0.5, 0.6) is 17.2 Å². The van der Waals surface area contributed by atoms with Gasteiger partial charge in [-0.15, -0.1) is 0 Å². The Kier molecular flexibility index (Phi) is 4.35. The second kappa shape index (κ2) is 6.02. The van der Waals surface area contributed by atoms with Crippen molar-refractivity contribution >= 4 is 0 Å². The topological polar surface area (TPSA) is 71.7 Å². The van der Waals surface area contributed by atoms with Crippen LogP contribution in [-0.4, -0.2) is 18.5 Å². The van der Waals surface area contributed by atoms with Crippen molar-refractivity contribution in [3.8, 4) is 23.3 Å². The number of benzene rings is 1. The second-order valence-electron chi connectivity index (χ2n) is 5.42. The molecule has 0 saturated carbocycles. The fourth-order valence-corrected chi connectivity index (χ4v) is 1.98. The first kappa shape index (κ1) is 14.5. The monoisotopic (exact) mass is 277 g/mol. The van der Waals surface area contributed by atoms with E-state index >= 15 is 0 Å². The van der Waals surface area contributed by atoms with Crippen molar-refractivity contribution in [2.75, 3.05) is 13.4 Å². The van der Waals surface area contributed by atoms with Gasteiger partial charge < -0.3 is 19.3 Å². The van der Waals surface area contributed by atoms with Gasteiger partial charge in [0, 0.05) is 11.6 Å². The number of nitrogens with zero attached hydrogens (tertiary/aromatic N) is 1. The lowest BCUT2D eigenvalue weighted by molar-refractivity contribution is 0.173. The van der Waals surface area contributed by atoms with Gasteiger partial charge in [0.25, 0.3) is 0 Å². The molecular formula is C15H19NO4. The van der Waals surface area contributed by atoms with Crippen molar-refractivity contribution in [3.05, 3.63) is 17.7 Å². The highest BCUT2D eigenvalue weighted by Crippen LogP contribution is 2.38. The molecule has 1 N–H and O–H groups in total. The minimum absolute atomic E-state index is 0.115. The van der Waals surface area contributed by atoms with Crippen LogP contribution >= 0.6 is 0 Å². The average molecular weight is 277 g/mol. The minimum Gasteiger partial charge on any atom is -0.493 e. The summed E-state index contributed by atoms with van der Waals surface area (Å²) in [6, 6.07) is 5.74. The molecule has 0 fully saturated rings. The summed E-state index contributed by atoms with van der Waals surface area (Å²) in [5.74, 6) is 1.87. The zero-order valence-corrected chi connectivity index (χ0v) is 11.8. The highest BCUT2D eigenvalue weighted by molar-refractivity contribution is 5.51. The van der Waals surface area contributed by atoms with Crippen LogP contribution in [0, 0.1) is 16.7 Å². The Bertz CT molecular complexity index is 519. The van der Waals surface area contributed by atoms with Crippen LogP contribution in [0.3, 0.4) is 0 Å². The van der Waals surface area contributed by atoms with Gasteiger partial charge in [-0.1, -0.05) is 0 Å². The third-order valence-electron chi connectivity index (χ3n) is 3.23. The molecular weight excluding hydrogens is 258 g/mol. The van der Waals surface area contributed by atoms with E-state index in [4.69, 9.17) is 19.5 Å². The fraction of sp³-hybridized carbons (Fsp3) is 0.533. The first-order valence-electron chi connectivity index (χ1n) is 6.63. The molecule has 0 bridgehead atoms. The quantitative estimate of drug-likeness (QED) is 0.809. The van der Waals surface area contributed by atoms with E-state index in [9.17, 15) is 5.11 Å². The Morgan fingerprint density at radius 2 is 2.05 bits per heavy atom. The predicted octanol–water partition coefficient (Wildman–Crippen LogP) is 2.62. The van der Waals surface area contributed by atoms with Crippen molar-refractivity contribution in [1.29, 1.82) is 5.26 Å². The van der Waals surface area contributed by atoms with Crippen molar-refractivity contribution in [2.45, 2.75) is 33.3 Å². The summed E-state index contributed by atoms with van der Waals surface area (Å²) in [7, 11) is 0. The first-order valence-corrected chi connectivity index (χ1v) is 6.63. The molecule has 0 spiro atoms. The molecule has 5 nitrogen and oxygen atoms in total. The number of hydrogen-bond donors (Lipinski definition) is 1. The van der Waals surface area contributed by atoms with Crippen molar-refractivity contribution in [2.24, 2.45) is 5.41 Å². The van der Waals surface area contributed by atoms with Gasteiger partial charge in [0.1, 0.15) is 5.75 Å². The van der Waals surface area contributed by atoms with Gasteiger partial charge in [0.05, 0.1) is 24.7 Å². The second-order valence-corrected chi connectivity index (χ2v) is 5.42. The standard InChI is InChI=1S/C15H19NO4/c1-15(2,9-16)4-3-5-18-12-7-14-13(19-10-20-14)6-11(12)8-17/h6-7,17H,3-5,8,10H2,1-2H3. The van der Waals surface area contributed by atoms with Gasteiger partial charge in [-0.3, -0.25) is 0 Å². The molecule has 1 aromatic rings. The molecule has 1 heterocycles. The van der Waals surface area contributed by atoms with Gasteiger partial charge >= 0.3 is 0 Å². The number of hydrogen-bond acceptors (Lipinski definition) is 5. The summed E-state index contributed by atoms with van der Waals surface area (Å²) < 4.78 is 16.2. The number of fused-ring (bicyclic) bond motifs is 1. The van der Waals surface area contributed by atoms with Crippen molar-refractivity contribution in [1.82, 2.24) is 0 Å². The number of ether oxygens (including phenoxy) is 3. The maximum Gasteiger partial charge on any atom is 0.231 e. The normalized spacial score (nSPS) is 13.1. The van der Waals surface area contributed by atoms with E-state index in [0.717, 1.165) is 12.8 Å². The highest BCUT2D eigenvalue weighted by Gasteiger charge is 2.19. The van der Waals surface area contributed by atoms with Gasteiger partial charge in [0.2, 0.25) is 6.79 Å². The zero-order valence-electron chi connectivity index (χ0n) is 11.8. The minimum atomic E-state index is -0.335. The Morgan fingerprint density at radius 1 is 1.35 bits per heavy atom. The van der Waals surface area contributed by atoms with E-state index in [2.05, 4.69) is 6.07 Å².